The van der Waals surface area contributed by atoms with Crippen molar-refractivity contribution < 1.29 is 0 Å². The Balaban J connectivity index is 0.981. The van der Waals surface area contributed by atoms with Gasteiger partial charge in [-0.15, -0.1) is 0 Å². The zero-order valence-electron chi connectivity index (χ0n) is 31.5. The van der Waals surface area contributed by atoms with Crippen molar-refractivity contribution in [2.45, 2.75) is 0 Å². The number of hydrogen-bond acceptors (Lipinski definition) is 1. The molecule has 0 aromatic heterocycles. The van der Waals surface area contributed by atoms with Crippen LogP contribution in [0.4, 0.5) is 17.1 Å². The third-order valence-electron chi connectivity index (χ3n) is 11.1. The standard InChI is InChI=1S/C56H39N/c1-2-10-40(11-3-1)49-16-8-17-50(38-49)45-28-34-53(35-29-45)57(54-36-30-47(31-37-54)56-19-9-15-46-13-6-7-18-55(46)56)52-32-26-43(27-33-52)42-20-22-44(23-21-42)51-25-24-41-12-4-5-14-48(41)39-51/h1-39H. The van der Waals surface area contributed by atoms with Crippen LogP contribution in [-0.2, 0) is 0 Å². The highest BCUT2D eigenvalue weighted by Gasteiger charge is 2.15. The number of nitrogens with zero attached hydrogens (tertiary/aromatic N) is 1. The van der Waals surface area contributed by atoms with Crippen LogP contribution in [0.2, 0.25) is 0 Å². The van der Waals surface area contributed by atoms with Gasteiger partial charge in [-0.1, -0.05) is 188 Å². The van der Waals surface area contributed by atoms with Gasteiger partial charge in [0.1, 0.15) is 0 Å². The molecule has 0 bridgehead atoms. The van der Waals surface area contributed by atoms with Crippen molar-refractivity contribution in [1.29, 1.82) is 0 Å². The SMILES string of the molecule is c1ccc(-c2cccc(-c3ccc(N(c4ccc(-c5ccc(-c6ccc7ccccc7c6)cc5)cc4)c4ccc(-c5cccc6ccccc56)cc4)cc3)c2)cc1. The monoisotopic (exact) mass is 725 g/mol. The molecule has 0 fully saturated rings. The fourth-order valence-electron chi connectivity index (χ4n) is 8.05. The van der Waals surface area contributed by atoms with E-state index in [2.05, 4.69) is 241 Å². The van der Waals surface area contributed by atoms with Gasteiger partial charge in [0.15, 0.2) is 0 Å². The number of fused-ring (bicyclic) bond motifs is 2. The van der Waals surface area contributed by atoms with E-state index >= 15 is 0 Å². The highest BCUT2D eigenvalue weighted by molar-refractivity contribution is 5.97. The van der Waals surface area contributed by atoms with Crippen molar-refractivity contribution in [2.24, 2.45) is 0 Å². The van der Waals surface area contributed by atoms with Gasteiger partial charge in [0.05, 0.1) is 0 Å². The molecule has 57 heavy (non-hydrogen) atoms. The van der Waals surface area contributed by atoms with Gasteiger partial charge >= 0.3 is 0 Å². The summed E-state index contributed by atoms with van der Waals surface area (Å²) in [5.41, 5.74) is 15.4. The maximum Gasteiger partial charge on any atom is 0.0462 e. The van der Waals surface area contributed by atoms with Crippen molar-refractivity contribution in [2.75, 3.05) is 4.90 Å². The predicted octanol–water partition coefficient (Wildman–Crippen LogP) is 15.8. The lowest BCUT2D eigenvalue weighted by molar-refractivity contribution is 1.28. The Kier molecular flexibility index (Phi) is 8.95. The maximum atomic E-state index is 2.35. The van der Waals surface area contributed by atoms with Crippen molar-refractivity contribution in [3.63, 3.8) is 0 Å². The summed E-state index contributed by atoms with van der Waals surface area (Å²) < 4.78 is 0. The summed E-state index contributed by atoms with van der Waals surface area (Å²) in [4.78, 5) is 2.35. The van der Waals surface area contributed by atoms with Crippen LogP contribution in [0, 0.1) is 0 Å². The van der Waals surface area contributed by atoms with Gasteiger partial charge in [-0.3, -0.25) is 0 Å². The second kappa shape index (κ2) is 15.0. The van der Waals surface area contributed by atoms with Crippen LogP contribution >= 0.6 is 0 Å². The third-order valence-corrected chi connectivity index (χ3v) is 11.1. The zero-order chi connectivity index (χ0) is 38.0. The van der Waals surface area contributed by atoms with Crippen LogP contribution < -0.4 is 4.90 Å². The van der Waals surface area contributed by atoms with Gasteiger partial charge in [-0.2, -0.15) is 0 Å². The van der Waals surface area contributed by atoms with E-state index in [4.69, 9.17) is 0 Å². The summed E-state index contributed by atoms with van der Waals surface area (Å²) in [6.45, 7) is 0. The van der Waals surface area contributed by atoms with Gasteiger partial charge < -0.3 is 4.90 Å². The van der Waals surface area contributed by atoms with Gasteiger partial charge in [0.25, 0.3) is 0 Å². The molecule has 0 aliphatic carbocycles. The minimum absolute atomic E-state index is 1.10. The fraction of sp³-hybridized carbons (Fsp3) is 0. The second-order valence-corrected chi connectivity index (χ2v) is 14.6. The quantitative estimate of drug-likeness (QED) is 0.151. The second-order valence-electron chi connectivity index (χ2n) is 14.6. The Morgan fingerprint density at radius 3 is 1.21 bits per heavy atom. The first-order valence-electron chi connectivity index (χ1n) is 19.6. The first-order valence-corrected chi connectivity index (χ1v) is 19.6. The first kappa shape index (κ1) is 34.0. The molecule has 0 saturated heterocycles. The van der Waals surface area contributed by atoms with Gasteiger partial charge in [-0.25, -0.2) is 0 Å². The average molecular weight is 726 g/mol. The van der Waals surface area contributed by atoms with Crippen molar-refractivity contribution >= 4 is 38.6 Å². The maximum absolute atomic E-state index is 2.35. The van der Waals surface area contributed by atoms with E-state index in [9.17, 15) is 0 Å². The topological polar surface area (TPSA) is 3.24 Å². The minimum Gasteiger partial charge on any atom is -0.311 e. The molecule has 0 heterocycles. The third kappa shape index (κ3) is 6.88. The number of benzene rings is 10. The van der Waals surface area contributed by atoms with E-state index in [1.54, 1.807) is 0 Å². The summed E-state index contributed by atoms with van der Waals surface area (Å²) in [5.74, 6) is 0. The minimum atomic E-state index is 1.10. The van der Waals surface area contributed by atoms with E-state index in [1.807, 2.05) is 0 Å². The van der Waals surface area contributed by atoms with Crippen LogP contribution in [0.1, 0.15) is 0 Å². The molecule has 0 aliphatic rings. The Bertz CT molecular complexity index is 2960. The number of hydrogen-bond donors (Lipinski definition) is 0. The van der Waals surface area contributed by atoms with Gasteiger partial charge in [-0.05, 0) is 126 Å². The highest BCUT2D eigenvalue weighted by atomic mass is 15.1. The molecule has 0 radical (unpaired) electrons. The average Bonchev–Trinajstić information content (AvgIpc) is 3.30. The Morgan fingerprint density at radius 1 is 0.211 bits per heavy atom. The lowest BCUT2D eigenvalue weighted by Crippen LogP contribution is -2.09. The van der Waals surface area contributed by atoms with Crippen molar-refractivity contribution in [3.05, 3.63) is 237 Å². The zero-order valence-corrected chi connectivity index (χ0v) is 31.5. The summed E-state index contributed by atoms with van der Waals surface area (Å²) in [6, 6.07) is 85.6. The smallest absolute Gasteiger partial charge is 0.0462 e. The Morgan fingerprint density at radius 2 is 0.596 bits per heavy atom. The van der Waals surface area contributed by atoms with E-state index in [1.165, 1.54) is 77.2 Å². The molecular formula is C56H39N. The molecule has 0 saturated carbocycles. The summed E-state index contributed by atoms with van der Waals surface area (Å²) in [6.07, 6.45) is 0. The highest BCUT2D eigenvalue weighted by Crippen LogP contribution is 2.39. The molecule has 10 rings (SSSR count). The molecule has 0 aliphatic heterocycles. The van der Waals surface area contributed by atoms with Gasteiger partial charge in [0, 0.05) is 17.1 Å². The van der Waals surface area contributed by atoms with Crippen molar-refractivity contribution in [1.82, 2.24) is 0 Å². The normalized spacial score (nSPS) is 11.2. The summed E-state index contributed by atoms with van der Waals surface area (Å²) >= 11 is 0. The molecule has 1 nitrogen and oxygen atoms in total. The molecular weight excluding hydrogens is 687 g/mol. The van der Waals surface area contributed by atoms with Gasteiger partial charge in [0.2, 0.25) is 0 Å². The lowest BCUT2D eigenvalue weighted by atomic mass is 9.97. The number of anilines is 3. The molecule has 10 aromatic carbocycles. The molecule has 0 amide bonds. The van der Waals surface area contributed by atoms with E-state index in [-0.39, 0.29) is 0 Å². The van der Waals surface area contributed by atoms with E-state index < -0.39 is 0 Å². The molecule has 0 atom stereocenters. The fourth-order valence-corrected chi connectivity index (χ4v) is 8.05. The molecule has 0 unspecified atom stereocenters. The van der Waals surface area contributed by atoms with Crippen LogP contribution in [0.15, 0.2) is 237 Å². The predicted molar refractivity (Wildman–Crippen MR) is 243 cm³/mol. The van der Waals surface area contributed by atoms with E-state index in [0.29, 0.717) is 0 Å². The number of rotatable bonds is 8. The van der Waals surface area contributed by atoms with E-state index in [0.717, 1.165) is 17.1 Å². The first-order chi connectivity index (χ1) is 28.2. The molecule has 0 N–H and O–H groups in total. The largest absolute Gasteiger partial charge is 0.311 e. The Hall–Kier alpha value is -7.48. The molecule has 10 aromatic rings. The lowest BCUT2D eigenvalue weighted by Gasteiger charge is -2.26. The molecule has 268 valence electrons. The molecule has 1 heteroatoms. The van der Waals surface area contributed by atoms with Crippen LogP contribution in [-0.4, -0.2) is 0 Å². The summed E-state index contributed by atoms with van der Waals surface area (Å²) in [7, 11) is 0. The Labute approximate surface area is 334 Å². The molecule has 0 spiro atoms. The van der Waals surface area contributed by atoms with Crippen LogP contribution in [0.3, 0.4) is 0 Å². The summed E-state index contributed by atoms with van der Waals surface area (Å²) in [5, 5.41) is 5.03. The van der Waals surface area contributed by atoms with Crippen LogP contribution in [0.25, 0.3) is 77.2 Å². The van der Waals surface area contributed by atoms with Crippen LogP contribution in [0.5, 0.6) is 0 Å². The van der Waals surface area contributed by atoms with Crippen molar-refractivity contribution in [3.8, 4) is 55.6 Å².